The average molecular weight is 304 g/mol. The zero-order valence-electron chi connectivity index (χ0n) is 13.8. The fraction of sp³-hybridized carbons (Fsp3) is 0.765. The molecule has 3 rings (SSSR count). The Balaban J connectivity index is 1.63. The summed E-state index contributed by atoms with van der Waals surface area (Å²) in [6, 6.07) is 2.17. The molecule has 1 aliphatic heterocycles. The van der Waals surface area contributed by atoms with E-state index in [0.29, 0.717) is 0 Å². The van der Waals surface area contributed by atoms with E-state index in [0.717, 1.165) is 43.7 Å². The van der Waals surface area contributed by atoms with Gasteiger partial charge in [0, 0.05) is 18.2 Å². The summed E-state index contributed by atoms with van der Waals surface area (Å²) in [5.41, 5.74) is 1.86. The number of aromatic nitrogens is 2. The average Bonchev–Trinajstić information content (AvgIpc) is 3.19. The van der Waals surface area contributed by atoms with Crippen LogP contribution in [0.15, 0.2) is 6.07 Å². The molecular formula is C17H28N4O. The quantitative estimate of drug-likeness (QED) is 0.876. The predicted molar refractivity (Wildman–Crippen MR) is 86.6 cm³/mol. The molecule has 5 nitrogen and oxygen atoms in total. The van der Waals surface area contributed by atoms with Crippen molar-refractivity contribution < 1.29 is 4.79 Å². The first-order valence-electron chi connectivity index (χ1n) is 8.67. The Morgan fingerprint density at radius 3 is 2.64 bits per heavy atom. The van der Waals surface area contributed by atoms with Crippen molar-refractivity contribution in [3.63, 3.8) is 0 Å². The number of likely N-dealkylation sites (tertiary alicyclic amines) is 1. The number of aryl methyl sites for hydroxylation is 1. The Bertz CT molecular complexity index is 512. The second-order valence-corrected chi connectivity index (χ2v) is 7.05. The Hall–Kier alpha value is -1.36. The first-order chi connectivity index (χ1) is 10.6. The summed E-state index contributed by atoms with van der Waals surface area (Å²) in [4.78, 5) is 15.4. The summed E-state index contributed by atoms with van der Waals surface area (Å²) < 4.78 is 0. The molecule has 0 spiro atoms. The van der Waals surface area contributed by atoms with E-state index < -0.39 is 0 Å². The highest BCUT2D eigenvalue weighted by molar-refractivity contribution is 5.87. The van der Waals surface area contributed by atoms with Gasteiger partial charge in [-0.15, -0.1) is 0 Å². The molecule has 2 heterocycles. The second-order valence-electron chi connectivity index (χ2n) is 7.05. The molecule has 1 aromatic rings. The van der Waals surface area contributed by atoms with Gasteiger partial charge in [0.15, 0.2) is 0 Å². The summed E-state index contributed by atoms with van der Waals surface area (Å²) in [7, 11) is 0. The summed E-state index contributed by atoms with van der Waals surface area (Å²) in [6.07, 6.45) is 7.65. The molecule has 122 valence electrons. The smallest absolute Gasteiger partial charge is 0.240 e. The molecule has 1 atom stereocenters. The van der Waals surface area contributed by atoms with Crippen LogP contribution in [0.4, 0.5) is 0 Å². The largest absolute Gasteiger partial charge is 0.352 e. The van der Waals surface area contributed by atoms with E-state index in [1.54, 1.807) is 0 Å². The highest BCUT2D eigenvalue weighted by Crippen LogP contribution is 2.37. The van der Waals surface area contributed by atoms with Gasteiger partial charge in [-0.3, -0.25) is 14.8 Å². The lowest BCUT2D eigenvalue weighted by Gasteiger charge is -2.38. The van der Waals surface area contributed by atoms with Crippen LogP contribution in [-0.4, -0.2) is 45.7 Å². The van der Waals surface area contributed by atoms with Crippen molar-refractivity contribution in [3.8, 4) is 0 Å². The molecule has 0 bridgehead atoms. The molecule has 22 heavy (non-hydrogen) atoms. The first kappa shape index (κ1) is 15.5. The van der Waals surface area contributed by atoms with Gasteiger partial charge in [0.2, 0.25) is 5.91 Å². The second kappa shape index (κ2) is 6.41. The Morgan fingerprint density at radius 1 is 1.36 bits per heavy atom. The van der Waals surface area contributed by atoms with Crippen LogP contribution in [0, 0.1) is 6.92 Å². The number of amides is 1. The van der Waals surface area contributed by atoms with Crippen LogP contribution in [0.3, 0.4) is 0 Å². The number of H-pyrrole nitrogens is 1. The predicted octanol–water partition coefficient (Wildman–Crippen LogP) is 2.17. The Kier molecular flexibility index (Phi) is 4.52. The van der Waals surface area contributed by atoms with Crippen LogP contribution in [0.25, 0.3) is 0 Å². The van der Waals surface area contributed by atoms with Crippen molar-refractivity contribution in [2.45, 2.75) is 70.4 Å². The number of hydrogen-bond acceptors (Lipinski definition) is 3. The van der Waals surface area contributed by atoms with Crippen LogP contribution in [0.1, 0.15) is 56.8 Å². The van der Waals surface area contributed by atoms with Gasteiger partial charge in [0.05, 0.1) is 5.69 Å². The number of aromatic amines is 1. The lowest BCUT2D eigenvalue weighted by Crippen LogP contribution is -2.58. The normalized spacial score (nSPS) is 22.8. The maximum atomic E-state index is 13.0. The lowest BCUT2D eigenvalue weighted by atomic mass is 9.93. The molecule has 1 saturated heterocycles. The van der Waals surface area contributed by atoms with Crippen LogP contribution in [0.2, 0.25) is 0 Å². The van der Waals surface area contributed by atoms with Crippen molar-refractivity contribution >= 4 is 5.91 Å². The summed E-state index contributed by atoms with van der Waals surface area (Å²) in [5, 5.41) is 10.5. The maximum Gasteiger partial charge on any atom is 0.240 e. The molecule has 1 aromatic heterocycles. The number of carbonyl (C=O) groups is 1. The Morgan fingerprint density at radius 2 is 2.05 bits per heavy atom. The topological polar surface area (TPSA) is 61.0 Å². The monoisotopic (exact) mass is 304 g/mol. The molecule has 0 aromatic carbocycles. The molecule has 2 N–H and O–H groups in total. The highest BCUT2D eigenvalue weighted by Gasteiger charge is 2.46. The summed E-state index contributed by atoms with van der Waals surface area (Å²) >= 11 is 0. The molecule has 1 aliphatic carbocycles. The third-order valence-corrected chi connectivity index (χ3v) is 5.22. The van der Waals surface area contributed by atoms with Crippen molar-refractivity contribution in [1.29, 1.82) is 0 Å². The van der Waals surface area contributed by atoms with E-state index >= 15 is 0 Å². The molecule has 0 unspecified atom stereocenters. The Labute approximate surface area is 132 Å². The molecule has 5 heteroatoms. The zero-order valence-corrected chi connectivity index (χ0v) is 13.8. The molecule has 2 aliphatic rings. The van der Waals surface area contributed by atoms with Crippen molar-refractivity contribution in [2.24, 2.45) is 0 Å². The van der Waals surface area contributed by atoms with Gasteiger partial charge in [-0.2, -0.15) is 5.10 Å². The van der Waals surface area contributed by atoms with Crippen LogP contribution >= 0.6 is 0 Å². The third kappa shape index (κ3) is 3.05. The van der Waals surface area contributed by atoms with Crippen molar-refractivity contribution in [2.75, 3.05) is 13.1 Å². The summed E-state index contributed by atoms with van der Waals surface area (Å²) in [6.45, 7) is 6.25. The third-order valence-electron chi connectivity index (χ3n) is 5.22. The van der Waals surface area contributed by atoms with E-state index in [-0.39, 0.29) is 17.5 Å². The van der Waals surface area contributed by atoms with Gasteiger partial charge in [0.25, 0.3) is 0 Å². The van der Waals surface area contributed by atoms with Crippen LogP contribution in [0.5, 0.6) is 0 Å². The first-order valence-corrected chi connectivity index (χ1v) is 8.67. The number of rotatable bonds is 5. The minimum Gasteiger partial charge on any atom is -0.352 e. The number of carbonyl (C=O) groups excluding carboxylic acids is 1. The van der Waals surface area contributed by atoms with E-state index in [2.05, 4.69) is 33.4 Å². The molecular weight excluding hydrogens is 276 g/mol. The number of nitrogens with zero attached hydrogens (tertiary/aromatic N) is 2. The minimum atomic E-state index is -0.230. The van der Waals surface area contributed by atoms with Gasteiger partial charge in [-0.1, -0.05) is 12.8 Å². The van der Waals surface area contributed by atoms with Gasteiger partial charge < -0.3 is 5.32 Å². The number of nitrogens with one attached hydrogen (secondary N) is 2. The number of hydrogen-bond donors (Lipinski definition) is 2. The van der Waals surface area contributed by atoms with Gasteiger partial charge >= 0.3 is 0 Å². The fourth-order valence-corrected chi connectivity index (χ4v) is 4.09. The summed E-state index contributed by atoms with van der Waals surface area (Å²) in [5.74, 6) is 0.242. The van der Waals surface area contributed by atoms with Gasteiger partial charge in [0.1, 0.15) is 5.54 Å². The molecule has 0 radical (unpaired) electrons. The van der Waals surface area contributed by atoms with Gasteiger partial charge in [-0.25, -0.2) is 0 Å². The standard InChI is InChI=1S/C17H28N4O/c1-13(11-15-12-14(2)19-20-15)18-16(22)17(7-3-4-8-17)21-9-5-6-10-21/h12-13H,3-11H2,1-2H3,(H,18,22)(H,19,20)/t13-/m0/s1. The van der Waals surface area contributed by atoms with Gasteiger partial charge in [-0.05, 0) is 58.7 Å². The van der Waals surface area contributed by atoms with Crippen molar-refractivity contribution in [3.05, 3.63) is 17.5 Å². The molecule has 1 amide bonds. The van der Waals surface area contributed by atoms with E-state index in [1.165, 1.54) is 25.7 Å². The van der Waals surface area contributed by atoms with E-state index in [4.69, 9.17) is 0 Å². The van der Waals surface area contributed by atoms with E-state index in [1.807, 2.05) is 6.92 Å². The van der Waals surface area contributed by atoms with Crippen LogP contribution < -0.4 is 5.32 Å². The lowest BCUT2D eigenvalue weighted by molar-refractivity contribution is -0.133. The zero-order chi connectivity index (χ0) is 15.6. The minimum absolute atomic E-state index is 0.121. The molecule has 1 saturated carbocycles. The van der Waals surface area contributed by atoms with Crippen LogP contribution in [-0.2, 0) is 11.2 Å². The fourth-order valence-electron chi connectivity index (χ4n) is 4.09. The SMILES string of the molecule is Cc1cc(C[C@H](C)NC(=O)C2(N3CCCC3)CCCC2)n[nH]1. The highest BCUT2D eigenvalue weighted by atomic mass is 16.2. The van der Waals surface area contributed by atoms with Crippen molar-refractivity contribution in [1.82, 2.24) is 20.4 Å². The van der Waals surface area contributed by atoms with E-state index in [9.17, 15) is 4.79 Å². The maximum absolute atomic E-state index is 13.0. The molecule has 2 fully saturated rings.